The molecule has 0 radical (unpaired) electrons. The highest BCUT2D eigenvalue weighted by atomic mass is 16.5. The first-order valence-electron chi connectivity index (χ1n) is 6.89. The predicted octanol–water partition coefficient (Wildman–Crippen LogP) is 1.83. The summed E-state index contributed by atoms with van der Waals surface area (Å²) >= 11 is 0. The van der Waals surface area contributed by atoms with Crippen LogP contribution in [0.4, 0.5) is 0 Å². The van der Waals surface area contributed by atoms with E-state index in [9.17, 15) is 4.79 Å². The summed E-state index contributed by atoms with van der Waals surface area (Å²) in [6.45, 7) is 6.84. The Hall–Kier alpha value is -0.610. The summed E-state index contributed by atoms with van der Waals surface area (Å²) < 4.78 is 5.43. The van der Waals surface area contributed by atoms with Gasteiger partial charge < -0.3 is 15.8 Å². The van der Waals surface area contributed by atoms with Crippen molar-refractivity contribution in [2.75, 3.05) is 13.7 Å². The van der Waals surface area contributed by atoms with Crippen LogP contribution in [0.5, 0.6) is 0 Å². The minimum Gasteiger partial charge on any atom is -0.379 e. The van der Waals surface area contributed by atoms with Crippen molar-refractivity contribution < 1.29 is 9.53 Å². The third-order valence-electron chi connectivity index (χ3n) is 3.90. The maximum absolute atomic E-state index is 12.2. The smallest absolute Gasteiger partial charge is 0.240 e. The largest absolute Gasteiger partial charge is 0.379 e. The zero-order chi connectivity index (χ0) is 13.8. The van der Waals surface area contributed by atoms with Crippen LogP contribution >= 0.6 is 0 Å². The number of amides is 1. The van der Waals surface area contributed by atoms with Gasteiger partial charge in [0, 0.05) is 13.7 Å². The maximum Gasteiger partial charge on any atom is 0.240 e. The normalized spacial score (nSPS) is 21.4. The highest BCUT2D eigenvalue weighted by Gasteiger charge is 2.36. The lowest BCUT2D eigenvalue weighted by molar-refractivity contribution is -0.128. The van der Waals surface area contributed by atoms with Crippen molar-refractivity contribution in [2.45, 2.75) is 64.5 Å². The molecule has 4 nitrogen and oxygen atoms in total. The van der Waals surface area contributed by atoms with Crippen LogP contribution in [0.25, 0.3) is 0 Å². The second-order valence-electron chi connectivity index (χ2n) is 6.52. The maximum atomic E-state index is 12.2. The van der Waals surface area contributed by atoms with Crippen molar-refractivity contribution in [1.82, 2.24) is 5.32 Å². The summed E-state index contributed by atoms with van der Waals surface area (Å²) in [4.78, 5) is 12.2. The molecule has 1 rings (SSSR count). The van der Waals surface area contributed by atoms with E-state index in [1.165, 1.54) is 6.42 Å². The fourth-order valence-electron chi connectivity index (χ4n) is 2.51. The molecule has 18 heavy (non-hydrogen) atoms. The van der Waals surface area contributed by atoms with Crippen molar-refractivity contribution in [3.63, 3.8) is 0 Å². The van der Waals surface area contributed by atoms with Gasteiger partial charge in [0.25, 0.3) is 0 Å². The van der Waals surface area contributed by atoms with Gasteiger partial charge in [-0.1, -0.05) is 40.0 Å². The Bertz CT molecular complexity index is 278. The average molecular weight is 256 g/mol. The number of ether oxygens (including phenoxy) is 1. The average Bonchev–Trinajstić information content (AvgIpc) is 2.28. The number of rotatable bonds is 4. The van der Waals surface area contributed by atoms with Crippen LogP contribution in [0.3, 0.4) is 0 Å². The zero-order valence-corrected chi connectivity index (χ0v) is 12.2. The number of hydrogen-bond acceptors (Lipinski definition) is 3. The van der Waals surface area contributed by atoms with Crippen LogP contribution in [0.15, 0.2) is 0 Å². The molecule has 3 N–H and O–H groups in total. The number of methoxy groups -OCH3 is 1. The van der Waals surface area contributed by atoms with Crippen LogP contribution in [-0.2, 0) is 9.53 Å². The van der Waals surface area contributed by atoms with Crippen LogP contribution in [-0.4, -0.2) is 31.2 Å². The quantitative estimate of drug-likeness (QED) is 0.806. The summed E-state index contributed by atoms with van der Waals surface area (Å²) in [7, 11) is 1.68. The Kier molecular flexibility index (Phi) is 5.17. The van der Waals surface area contributed by atoms with Gasteiger partial charge in [-0.3, -0.25) is 4.79 Å². The number of carbonyl (C=O) groups is 1. The van der Waals surface area contributed by atoms with Crippen molar-refractivity contribution in [3.8, 4) is 0 Å². The monoisotopic (exact) mass is 256 g/mol. The molecule has 0 aromatic heterocycles. The number of nitrogens with two attached hydrogens (primary N) is 1. The Balaban J connectivity index is 2.49. The Morgan fingerprint density at radius 1 is 1.33 bits per heavy atom. The Morgan fingerprint density at radius 2 is 1.89 bits per heavy atom. The first-order valence-corrected chi connectivity index (χ1v) is 6.89. The summed E-state index contributed by atoms with van der Waals surface area (Å²) in [5.74, 6) is -0.0199. The lowest BCUT2D eigenvalue weighted by Gasteiger charge is -2.34. The van der Waals surface area contributed by atoms with E-state index < -0.39 is 5.54 Å². The van der Waals surface area contributed by atoms with Gasteiger partial charge >= 0.3 is 0 Å². The second kappa shape index (κ2) is 6.02. The van der Waals surface area contributed by atoms with Crippen LogP contribution < -0.4 is 11.1 Å². The molecule has 1 fully saturated rings. The highest BCUT2D eigenvalue weighted by Crippen LogP contribution is 2.26. The lowest BCUT2D eigenvalue weighted by Crippen LogP contribution is -2.56. The van der Waals surface area contributed by atoms with Gasteiger partial charge in [0.1, 0.15) is 0 Å². The van der Waals surface area contributed by atoms with E-state index in [1.54, 1.807) is 7.11 Å². The first kappa shape index (κ1) is 15.4. The van der Waals surface area contributed by atoms with E-state index in [4.69, 9.17) is 10.5 Å². The molecule has 1 saturated carbocycles. The summed E-state index contributed by atoms with van der Waals surface area (Å²) in [5.41, 5.74) is 5.54. The standard InChI is InChI=1S/C14H28N2O2/c1-13(2,3)11(18-4)10-16-12(17)14(15)8-6-5-7-9-14/h11H,5-10,15H2,1-4H3,(H,16,17). The van der Waals surface area contributed by atoms with Crippen molar-refractivity contribution in [3.05, 3.63) is 0 Å². The van der Waals surface area contributed by atoms with Crippen molar-refractivity contribution >= 4 is 5.91 Å². The van der Waals surface area contributed by atoms with Gasteiger partial charge in [-0.15, -0.1) is 0 Å². The summed E-state index contributed by atoms with van der Waals surface area (Å²) in [6, 6.07) is 0. The zero-order valence-electron chi connectivity index (χ0n) is 12.2. The fourth-order valence-corrected chi connectivity index (χ4v) is 2.51. The van der Waals surface area contributed by atoms with Crippen molar-refractivity contribution in [1.29, 1.82) is 0 Å². The molecule has 0 saturated heterocycles. The molecule has 1 aliphatic rings. The summed E-state index contributed by atoms with van der Waals surface area (Å²) in [6.07, 6.45) is 4.90. The molecule has 106 valence electrons. The molecule has 4 heteroatoms. The molecule has 0 spiro atoms. The van der Waals surface area contributed by atoms with E-state index in [0.29, 0.717) is 6.54 Å². The molecule has 1 atom stereocenters. The fraction of sp³-hybridized carbons (Fsp3) is 0.929. The minimum atomic E-state index is -0.658. The molecule has 1 aliphatic carbocycles. The molecule has 0 aliphatic heterocycles. The molecule has 1 amide bonds. The topological polar surface area (TPSA) is 64.3 Å². The molecule has 0 bridgehead atoms. The molecular weight excluding hydrogens is 228 g/mol. The lowest BCUT2D eigenvalue weighted by atomic mass is 9.81. The Labute approximate surface area is 111 Å². The van der Waals surface area contributed by atoms with Gasteiger partial charge in [-0.05, 0) is 18.3 Å². The van der Waals surface area contributed by atoms with Crippen LogP contribution in [0, 0.1) is 5.41 Å². The van der Waals surface area contributed by atoms with E-state index >= 15 is 0 Å². The van der Waals surface area contributed by atoms with Gasteiger partial charge in [0.2, 0.25) is 5.91 Å². The SMILES string of the molecule is COC(CNC(=O)C1(N)CCCCC1)C(C)(C)C. The van der Waals surface area contributed by atoms with Crippen LogP contribution in [0.2, 0.25) is 0 Å². The van der Waals surface area contributed by atoms with Gasteiger partial charge in [0.15, 0.2) is 0 Å². The Morgan fingerprint density at radius 3 is 2.33 bits per heavy atom. The predicted molar refractivity (Wildman–Crippen MR) is 73.3 cm³/mol. The van der Waals surface area contributed by atoms with E-state index in [1.807, 2.05) is 0 Å². The highest BCUT2D eigenvalue weighted by molar-refractivity contribution is 5.86. The number of nitrogens with one attached hydrogen (secondary N) is 1. The molecule has 0 heterocycles. The molecule has 1 unspecified atom stereocenters. The van der Waals surface area contributed by atoms with Crippen LogP contribution in [0.1, 0.15) is 52.9 Å². The van der Waals surface area contributed by atoms with E-state index in [0.717, 1.165) is 25.7 Å². The number of hydrogen-bond donors (Lipinski definition) is 2. The summed E-state index contributed by atoms with van der Waals surface area (Å²) in [5, 5.41) is 2.96. The third-order valence-corrected chi connectivity index (χ3v) is 3.90. The van der Waals surface area contributed by atoms with E-state index in [2.05, 4.69) is 26.1 Å². The molecular formula is C14H28N2O2. The molecule has 0 aromatic rings. The number of carbonyl (C=O) groups excluding carboxylic acids is 1. The van der Waals surface area contributed by atoms with Gasteiger partial charge in [-0.2, -0.15) is 0 Å². The minimum absolute atomic E-state index is 0.00800. The van der Waals surface area contributed by atoms with Gasteiger partial charge in [0.05, 0.1) is 11.6 Å². The molecule has 0 aromatic carbocycles. The van der Waals surface area contributed by atoms with Gasteiger partial charge in [-0.25, -0.2) is 0 Å². The van der Waals surface area contributed by atoms with E-state index in [-0.39, 0.29) is 17.4 Å². The first-order chi connectivity index (χ1) is 8.29. The third kappa shape index (κ3) is 3.95. The van der Waals surface area contributed by atoms with Crippen molar-refractivity contribution in [2.24, 2.45) is 11.1 Å². The second-order valence-corrected chi connectivity index (χ2v) is 6.52.